The summed E-state index contributed by atoms with van der Waals surface area (Å²) in [5.41, 5.74) is 1.16. The summed E-state index contributed by atoms with van der Waals surface area (Å²) in [5.74, 6) is 0.858. The Morgan fingerprint density at radius 1 is 1.37 bits per heavy atom. The Bertz CT molecular complexity index is 616. The van der Waals surface area contributed by atoms with Crippen LogP contribution in [0.5, 0.6) is 5.88 Å². The lowest BCUT2D eigenvalue weighted by molar-refractivity contribution is -0.384. The van der Waals surface area contributed by atoms with E-state index >= 15 is 0 Å². The van der Waals surface area contributed by atoms with Crippen molar-refractivity contribution < 1.29 is 9.66 Å². The Morgan fingerprint density at radius 3 is 2.79 bits per heavy atom. The van der Waals surface area contributed by atoms with Crippen molar-refractivity contribution in [2.75, 3.05) is 19.5 Å². The summed E-state index contributed by atoms with van der Waals surface area (Å²) in [4.78, 5) is 18.7. The summed E-state index contributed by atoms with van der Waals surface area (Å²) >= 11 is 0. The van der Waals surface area contributed by atoms with E-state index in [4.69, 9.17) is 4.74 Å². The minimum atomic E-state index is -0.454. The molecule has 0 aliphatic carbocycles. The van der Waals surface area contributed by atoms with Gasteiger partial charge in [0, 0.05) is 30.9 Å². The number of nitrogens with one attached hydrogen (secondary N) is 1. The maximum Gasteiger partial charge on any atom is 0.275 e. The average molecular weight is 260 g/mol. The number of methoxy groups -OCH3 is 1. The van der Waals surface area contributed by atoms with Crippen molar-refractivity contribution in [1.82, 2.24) is 9.97 Å². The zero-order valence-corrected chi connectivity index (χ0v) is 10.5. The standard InChI is InChI=1S/C12H12N4O3/c1-13-11-7-9(16(17)18)6-10(15-11)8-3-4-14-12(5-8)19-2/h3-7H,1-2H3,(H,13,15). The third kappa shape index (κ3) is 2.76. The predicted molar refractivity (Wildman–Crippen MR) is 70.2 cm³/mol. The lowest BCUT2D eigenvalue weighted by Gasteiger charge is -2.06. The smallest absolute Gasteiger partial charge is 0.275 e. The van der Waals surface area contributed by atoms with Gasteiger partial charge in [-0.3, -0.25) is 10.1 Å². The van der Waals surface area contributed by atoms with Crippen LogP contribution in [0.2, 0.25) is 0 Å². The molecular weight excluding hydrogens is 248 g/mol. The van der Waals surface area contributed by atoms with E-state index in [-0.39, 0.29) is 5.69 Å². The van der Waals surface area contributed by atoms with Crippen LogP contribution in [0.4, 0.5) is 11.5 Å². The molecule has 0 saturated carbocycles. The van der Waals surface area contributed by atoms with Crippen molar-refractivity contribution in [3.63, 3.8) is 0 Å². The molecule has 7 nitrogen and oxygen atoms in total. The second-order valence-electron chi connectivity index (χ2n) is 3.69. The van der Waals surface area contributed by atoms with Crippen molar-refractivity contribution >= 4 is 11.5 Å². The molecule has 98 valence electrons. The number of ether oxygens (including phenoxy) is 1. The highest BCUT2D eigenvalue weighted by atomic mass is 16.6. The van der Waals surface area contributed by atoms with Crippen molar-refractivity contribution in [2.24, 2.45) is 0 Å². The molecule has 2 aromatic rings. The molecule has 0 aromatic carbocycles. The minimum Gasteiger partial charge on any atom is -0.481 e. The van der Waals surface area contributed by atoms with Gasteiger partial charge in [0.1, 0.15) is 5.82 Å². The highest BCUT2D eigenvalue weighted by Crippen LogP contribution is 2.26. The number of pyridine rings is 2. The maximum atomic E-state index is 10.9. The fourth-order valence-corrected chi connectivity index (χ4v) is 1.58. The van der Waals surface area contributed by atoms with Gasteiger partial charge in [0.05, 0.1) is 23.8 Å². The molecule has 0 aliphatic rings. The van der Waals surface area contributed by atoms with Crippen LogP contribution < -0.4 is 10.1 Å². The molecule has 0 bridgehead atoms. The Kier molecular flexibility index (Phi) is 3.56. The van der Waals surface area contributed by atoms with Crippen LogP contribution >= 0.6 is 0 Å². The van der Waals surface area contributed by atoms with Crippen molar-refractivity contribution in [3.8, 4) is 17.1 Å². The van der Waals surface area contributed by atoms with Gasteiger partial charge in [0.25, 0.3) is 5.69 Å². The van der Waals surface area contributed by atoms with Crippen LogP contribution in [0.25, 0.3) is 11.3 Å². The third-order valence-corrected chi connectivity index (χ3v) is 2.52. The van der Waals surface area contributed by atoms with Gasteiger partial charge in [-0.1, -0.05) is 0 Å². The molecule has 0 fully saturated rings. The zero-order chi connectivity index (χ0) is 13.8. The molecule has 2 rings (SSSR count). The Balaban J connectivity index is 2.53. The molecule has 0 spiro atoms. The highest BCUT2D eigenvalue weighted by Gasteiger charge is 2.12. The van der Waals surface area contributed by atoms with Crippen molar-refractivity contribution in [1.29, 1.82) is 0 Å². The van der Waals surface area contributed by atoms with Crippen LogP contribution in [0.15, 0.2) is 30.5 Å². The van der Waals surface area contributed by atoms with Crippen LogP contribution in [0.1, 0.15) is 0 Å². The zero-order valence-electron chi connectivity index (χ0n) is 10.5. The van der Waals surface area contributed by atoms with Gasteiger partial charge in [-0.05, 0) is 6.07 Å². The second-order valence-corrected chi connectivity index (χ2v) is 3.69. The summed E-state index contributed by atoms with van der Waals surface area (Å²) in [6.07, 6.45) is 1.56. The molecule has 0 aliphatic heterocycles. The lowest BCUT2D eigenvalue weighted by atomic mass is 10.1. The first-order valence-electron chi connectivity index (χ1n) is 5.48. The number of nitro groups is 1. The van der Waals surface area contributed by atoms with Gasteiger partial charge < -0.3 is 10.1 Å². The van der Waals surface area contributed by atoms with E-state index in [9.17, 15) is 10.1 Å². The van der Waals surface area contributed by atoms with Crippen molar-refractivity contribution in [2.45, 2.75) is 0 Å². The Hall–Kier alpha value is -2.70. The topological polar surface area (TPSA) is 90.2 Å². The summed E-state index contributed by atoms with van der Waals surface area (Å²) < 4.78 is 5.02. The predicted octanol–water partition coefficient (Wildman–Crippen LogP) is 2.10. The van der Waals surface area contributed by atoms with Gasteiger partial charge in [-0.25, -0.2) is 9.97 Å². The van der Waals surface area contributed by atoms with Gasteiger partial charge in [-0.2, -0.15) is 0 Å². The van der Waals surface area contributed by atoms with Crippen LogP contribution in [0, 0.1) is 10.1 Å². The first kappa shape index (κ1) is 12.7. The molecule has 19 heavy (non-hydrogen) atoms. The second kappa shape index (κ2) is 5.30. The number of rotatable bonds is 4. The van der Waals surface area contributed by atoms with E-state index in [0.29, 0.717) is 23.0 Å². The highest BCUT2D eigenvalue weighted by molar-refractivity contribution is 5.65. The molecule has 0 radical (unpaired) electrons. The number of aromatic nitrogens is 2. The van der Waals surface area contributed by atoms with Gasteiger partial charge in [0.15, 0.2) is 0 Å². The van der Waals surface area contributed by atoms with Gasteiger partial charge in [0.2, 0.25) is 5.88 Å². The van der Waals surface area contributed by atoms with Gasteiger partial charge in [-0.15, -0.1) is 0 Å². The van der Waals surface area contributed by atoms with E-state index in [1.807, 2.05) is 0 Å². The fourth-order valence-electron chi connectivity index (χ4n) is 1.58. The summed E-state index contributed by atoms with van der Waals surface area (Å²) in [5, 5.41) is 13.7. The SMILES string of the molecule is CNc1cc([N+](=O)[O-])cc(-c2ccnc(OC)c2)n1. The van der Waals surface area contributed by atoms with Crippen molar-refractivity contribution in [3.05, 3.63) is 40.6 Å². The fraction of sp³-hybridized carbons (Fsp3) is 0.167. The monoisotopic (exact) mass is 260 g/mol. The average Bonchev–Trinajstić information content (AvgIpc) is 2.46. The van der Waals surface area contributed by atoms with Crippen LogP contribution in [-0.4, -0.2) is 29.0 Å². The normalized spacial score (nSPS) is 10.0. The molecule has 1 N–H and O–H groups in total. The molecule has 0 atom stereocenters. The number of anilines is 1. The molecule has 7 heteroatoms. The van der Waals surface area contributed by atoms with Crippen LogP contribution in [0.3, 0.4) is 0 Å². The summed E-state index contributed by atoms with van der Waals surface area (Å²) in [7, 11) is 3.16. The molecule has 0 amide bonds. The lowest BCUT2D eigenvalue weighted by Crippen LogP contribution is -1.98. The maximum absolute atomic E-state index is 10.9. The first-order valence-corrected chi connectivity index (χ1v) is 5.48. The van der Waals surface area contributed by atoms with E-state index in [2.05, 4.69) is 15.3 Å². The number of nitrogens with zero attached hydrogens (tertiary/aromatic N) is 3. The van der Waals surface area contributed by atoms with Gasteiger partial charge >= 0.3 is 0 Å². The molecular formula is C12H12N4O3. The Morgan fingerprint density at radius 2 is 2.16 bits per heavy atom. The first-order chi connectivity index (χ1) is 9.13. The van der Waals surface area contributed by atoms with E-state index in [0.717, 1.165) is 0 Å². The Labute approximate surface area is 109 Å². The van der Waals surface area contributed by atoms with E-state index in [1.165, 1.54) is 19.2 Å². The van der Waals surface area contributed by atoms with E-state index in [1.54, 1.807) is 25.4 Å². The molecule has 0 unspecified atom stereocenters. The molecule has 0 saturated heterocycles. The quantitative estimate of drug-likeness (QED) is 0.668. The summed E-state index contributed by atoms with van der Waals surface area (Å²) in [6, 6.07) is 6.18. The minimum absolute atomic E-state index is 0.0230. The largest absolute Gasteiger partial charge is 0.481 e. The third-order valence-electron chi connectivity index (χ3n) is 2.52. The molecule has 2 heterocycles. The number of hydrogen-bond donors (Lipinski definition) is 1. The molecule has 2 aromatic heterocycles. The number of hydrogen-bond acceptors (Lipinski definition) is 6. The van der Waals surface area contributed by atoms with E-state index < -0.39 is 4.92 Å². The summed E-state index contributed by atoms with van der Waals surface area (Å²) in [6.45, 7) is 0. The van der Waals surface area contributed by atoms with Crippen LogP contribution in [-0.2, 0) is 0 Å².